The summed E-state index contributed by atoms with van der Waals surface area (Å²) >= 11 is 0. The van der Waals surface area contributed by atoms with E-state index in [9.17, 15) is 40.3 Å². The molecule has 0 radical (unpaired) electrons. The van der Waals surface area contributed by atoms with Gasteiger partial charge in [0.15, 0.2) is 11.5 Å². The van der Waals surface area contributed by atoms with Gasteiger partial charge in [-0.05, 0) is 39.0 Å². The molecular weight excluding hydrogens is 515 g/mol. The van der Waals surface area contributed by atoms with Crippen LogP contribution >= 0.6 is 0 Å². The summed E-state index contributed by atoms with van der Waals surface area (Å²) in [7, 11) is 0. The first-order valence-electron chi connectivity index (χ1n) is 10.7. The number of carbonyl (C=O) groups excluding carboxylic acids is 2. The maximum atomic E-state index is 14.6. The molecule has 1 aromatic carbocycles. The van der Waals surface area contributed by atoms with E-state index in [2.05, 4.69) is 15.4 Å². The highest BCUT2D eigenvalue weighted by Gasteiger charge is 2.45. The Kier molecular flexibility index (Phi) is 7.30. The van der Waals surface area contributed by atoms with E-state index in [4.69, 9.17) is 4.74 Å². The Labute approximate surface area is 206 Å². The monoisotopic (exact) mass is 537 g/mol. The number of amides is 2. The molecule has 3 rings (SSSR count). The number of nitrogens with zero attached hydrogens (tertiary/aromatic N) is 4. The van der Waals surface area contributed by atoms with Crippen molar-refractivity contribution < 1.29 is 45.1 Å². The van der Waals surface area contributed by atoms with Crippen molar-refractivity contribution in [3.8, 4) is 11.4 Å². The second-order valence-electron chi connectivity index (χ2n) is 9.36. The van der Waals surface area contributed by atoms with Crippen LogP contribution in [0, 0.1) is 0 Å². The highest BCUT2D eigenvalue weighted by atomic mass is 19.4. The Morgan fingerprint density at radius 2 is 1.62 bits per heavy atom. The van der Waals surface area contributed by atoms with Crippen molar-refractivity contribution in [1.82, 2.24) is 25.0 Å². The zero-order valence-electron chi connectivity index (χ0n) is 19.7. The van der Waals surface area contributed by atoms with Gasteiger partial charge in [-0.15, -0.1) is 5.10 Å². The van der Waals surface area contributed by atoms with Crippen LogP contribution in [0.5, 0.6) is 0 Å². The van der Waals surface area contributed by atoms with E-state index in [1.807, 2.05) is 0 Å². The Morgan fingerprint density at radius 3 is 2.14 bits per heavy atom. The SMILES string of the molecule is CC(C)(C)OC(=O)NCC1(F)CN(C(=O)C=Cn2cnc(-c3cc(C(F)(F)F)cc(C(F)(F)F)c3)n2)C1. The van der Waals surface area contributed by atoms with Gasteiger partial charge in [0.1, 0.15) is 11.9 Å². The van der Waals surface area contributed by atoms with Crippen LogP contribution in [0.25, 0.3) is 17.6 Å². The number of ether oxygens (including phenoxy) is 1. The van der Waals surface area contributed by atoms with E-state index in [1.165, 1.54) is 0 Å². The number of aromatic nitrogens is 3. The quantitative estimate of drug-likeness (QED) is 0.448. The topological polar surface area (TPSA) is 89.4 Å². The Hall–Kier alpha value is -3.65. The normalized spacial score (nSPS) is 16.0. The van der Waals surface area contributed by atoms with Crippen LogP contribution in [0.15, 0.2) is 30.6 Å². The largest absolute Gasteiger partial charge is 0.444 e. The van der Waals surface area contributed by atoms with Gasteiger partial charge in [-0.2, -0.15) is 26.3 Å². The summed E-state index contributed by atoms with van der Waals surface area (Å²) in [6.45, 7) is 3.92. The molecular formula is C22H22F7N5O3. The first kappa shape index (κ1) is 27.9. The molecule has 15 heteroatoms. The number of benzene rings is 1. The molecule has 1 N–H and O–H groups in total. The van der Waals surface area contributed by atoms with Crippen LogP contribution in [-0.2, 0) is 21.9 Å². The third-order valence-corrected chi connectivity index (χ3v) is 4.93. The second kappa shape index (κ2) is 9.67. The number of nitrogens with one attached hydrogen (secondary N) is 1. The molecule has 1 fully saturated rings. The van der Waals surface area contributed by atoms with Gasteiger partial charge in [0.2, 0.25) is 5.91 Å². The Morgan fingerprint density at radius 1 is 1.05 bits per heavy atom. The molecule has 2 heterocycles. The minimum absolute atomic E-state index is 0.0138. The van der Waals surface area contributed by atoms with Crippen LogP contribution in [0.4, 0.5) is 35.5 Å². The number of alkyl halides is 7. The molecule has 2 amide bonds. The van der Waals surface area contributed by atoms with Crippen molar-refractivity contribution in [2.24, 2.45) is 0 Å². The molecule has 1 aromatic heterocycles. The molecule has 0 bridgehead atoms. The molecule has 37 heavy (non-hydrogen) atoms. The van der Waals surface area contributed by atoms with Crippen molar-refractivity contribution >= 4 is 18.2 Å². The van der Waals surface area contributed by atoms with Crippen LogP contribution in [0.3, 0.4) is 0 Å². The number of alkyl carbamates (subject to hydrolysis) is 1. The molecule has 0 unspecified atom stereocenters. The highest BCUT2D eigenvalue weighted by molar-refractivity contribution is 5.91. The fourth-order valence-corrected chi connectivity index (χ4v) is 3.26. The lowest BCUT2D eigenvalue weighted by atomic mass is 9.96. The molecule has 8 nitrogen and oxygen atoms in total. The van der Waals surface area contributed by atoms with E-state index in [0.29, 0.717) is 12.1 Å². The van der Waals surface area contributed by atoms with Crippen LogP contribution < -0.4 is 5.32 Å². The van der Waals surface area contributed by atoms with Gasteiger partial charge in [0, 0.05) is 17.8 Å². The van der Waals surface area contributed by atoms with E-state index in [1.54, 1.807) is 20.8 Å². The number of likely N-dealkylation sites (tertiary alicyclic amines) is 1. The molecule has 0 spiro atoms. The number of halogens is 7. The number of carbonyl (C=O) groups is 2. The average Bonchev–Trinajstić information content (AvgIpc) is 3.20. The third kappa shape index (κ3) is 7.43. The summed E-state index contributed by atoms with van der Waals surface area (Å²) in [5.74, 6) is -1.07. The lowest BCUT2D eigenvalue weighted by Crippen LogP contribution is -2.65. The zero-order valence-corrected chi connectivity index (χ0v) is 19.7. The lowest BCUT2D eigenvalue weighted by molar-refractivity contribution is -0.143. The minimum Gasteiger partial charge on any atom is -0.444 e. The summed E-state index contributed by atoms with van der Waals surface area (Å²) in [6.07, 6.45) is -7.85. The lowest BCUT2D eigenvalue weighted by Gasteiger charge is -2.43. The van der Waals surface area contributed by atoms with Crippen molar-refractivity contribution in [3.05, 3.63) is 41.7 Å². The Balaban J connectivity index is 1.63. The van der Waals surface area contributed by atoms with Crippen molar-refractivity contribution in [2.75, 3.05) is 19.6 Å². The maximum absolute atomic E-state index is 14.6. The molecule has 2 aromatic rings. The smallest absolute Gasteiger partial charge is 0.416 e. The zero-order chi connectivity index (χ0) is 27.8. The molecule has 1 aliphatic heterocycles. The summed E-state index contributed by atoms with van der Waals surface area (Å²) in [5.41, 5.74) is -6.19. The Bertz CT molecular complexity index is 1160. The number of hydrogen-bond acceptors (Lipinski definition) is 5. The van der Waals surface area contributed by atoms with E-state index in [0.717, 1.165) is 28.2 Å². The second-order valence-corrected chi connectivity index (χ2v) is 9.36. The van der Waals surface area contributed by atoms with Crippen molar-refractivity contribution in [2.45, 2.75) is 44.4 Å². The fourth-order valence-electron chi connectivity index (χ4n) is 3.26. The van der Waals surface area contributed by atoms with Crippen LogP contribution in [0.2, 0.25) is 0 Å². The predicted octanol–water partition coefficient (Wildman–Crippen LogP) is 4.53. The first-order valence-corrected chi connectivity index (χ1v) is 10.7. The van der Waals surface area contributed by atoms with E-state index >= 15 is 0 Å². The number of hydrogen-bond donors (Lipinski definition) is 1. The molecule has 0 atom stereocenters. The average molecular weight is 537 g/mol. The minimum atomic E-state index is -5.03. The summed E-state index contributed by atoms with van der Waals surface area (Å²) in [4.78, 5) is 28.7. The third-order valence-electron chi connectivity index (χ3n) is 4.93. The van der Waals surface area contributed by atoms with Gasteiger partial charge < -0.3 is 15.0 Å². The summed E-state index contributed by atoms with van der Waals surface area (Å²) in [5, 5.41) is 6.07. The van der Waals surface area contributed by atoms with Gasteiger partial charge in [0.25, 0.3) is 0 Å². The summed E-state index contributed by atoms with van der Waals surface area (Å²) < 4.78 is 99.0. The van der Waals surface area contributed by atoms with Gasteiger partial charge >= 0.3 is 18.4 Å². The molecule has 1 saturated heterocycles. The molecule has 1 aliphatic rings. The molecule has 0 aliphatic carbocycles. The highest BCUT2D eigenvalue weighted by Crippen LogP contribution is 2.38. The van der Waals surface area contributed by atoms with Gasteiger partial charge in [0.05, 0.1) is 30.8 Å². The molecule has 0 saturated carbocycles. The van der Waals surface area contributed by atoms with E-state index in [-0.39, 0.29) is 25.7 Å². The van der Waals surface area contributed by atoms with Crippen LogP contribution in [0.1, 0.15) is 31.9 Å². The standard InChI is InChI=1S/C22H22F7N5O3/c1-19(2,3)37-18(36)30-9-20(23)10-33(11-20)16(35)4-5-34-12-31-17(32-34)13-6-14(21(24,25)26)8-15(7-13)22(27,28)29/h4-8,12H,9-11H2,1-3H3,(H,30,36). The fraction of sp³-hybridized carbons (Fsp3) is 0.455. The first-order chi connectivity index (χ1) is 16.8. The van der Waals surface area contributed by atoms with Gasteiger partial charge in [-0.1, -0.05) is 0 Å². The van der Waals surface area contributed by atoms with Gasteiger partial charge in [-0.3, -0.25) is 4.79 Å². The van der Waals surface area contributed by atoms with Crippen LogP contribution in [-0.4, -0.2) is 62.6 Å². The van der Waals surface area contributed by atoms with E-state index < -0.39 is 58.1 Å². The predicted molar refractivity (Wildman–Crippen MR) is 115 cm³/mol. The van der Waals surface area contributed by atoms with Crippen molar-refractivity contribution in [1.29, 1.82) is 0 Å². The van der Waals surface area contributed by atoms with Crippen molar-refractivity contribution in [3.63, 3.8) is 0 Å². The molecule has 202 valence electrons. The van der Waals surface area contributed by atoms with Gasteiger partial charge in [-0.25, -0.2) is 18.9 Å². The summed E-state index contributed by atoms with van der Waals surface area (Å²) in [6, 6.07) is 0.950. The maximum Gasteiger partial charge on any atom is 0.416 e. The number of rotatable bonds is 5.